The predicted octanol–water partition coefficient (Wildman–Crippen LogP) is 4.15. The van der Waals surface area contributed by atoms with Gasteiger partial charge in [-0.15, -0.1) is 0 Å². The van der Waals surface area contributed by atoms with Gasteiger partial charge in [0.25, 0.3) is 0 Å². The topological polar surface area (TPSA) is 0 Å². The second-order valence-electron chi connectivity index (χ2n) is 4.01. The van der Waals surface area contributed by atoms with Crippen LogP contribution in [0.15, 0.2) is 36.4 Å². The molecule has 0 saturated carbocycles. The van der Waals surface area contributed by atoms with E-state index in [0.29, 0.717) is 5.92 Å². The highest BCUT2D eigenvalue weighted by Crippen LogP contribution is 2.27. The van der Waals surface area contributed by atoms with Crippen molar-refractivity contribution in [1.29, 1.82) is 0 Å². The molecule has 0 spiro atoms. The third-order valence-electron chi connectivity index (χ3n) is 2.67. The van der Waals surface area contributed by atoms with E-state index in [9.17, 15) is 0 Å². The van der Waals surface area contributed by atoms with Crippen molar-refractivity contribution in [3.63, 3.8) is 0 Å². The first-order chi connectivity index (χ1) is 6.70. The first-order valence-electron chi connectivity index (χ1n) is 5.03. The van der Waals surface area contributed by atoms with Crippen LogP contribution in [-0.4, -0.2) is 0 Å². The summed E-state index contributed by atoms with van der Waals surface area (Å²) < 4.78 is 0. The molecule has 2 aromatic rings. The summed E-state index contributed by atoms with van der Waals surface area (Å²) in [7, 11) is 0. The molecule has 0 N–H and O–H groups in total. The van der Waals surface area contributed by atoms with E-state index in [-0.39, 0.29) is 0 Å². The summed E-state index contributed by atoms with van der Waals surface area (Å²) in [5.74, 6) is 0.570. The lowest BCUT2D eigenvalue weighted by Crippen LogP contribution is -1.90. The highest BCUT2D eigenvalue weighted by atomic mass is 14.1. The molecule has 0 heterocycles. The number of benzene rings is 2. The van der Waals surface area contributed by atoms with Crippen LogP contribution in [0.25, 0.3) is 10.8 Å². The highest BCUT2D eigenvalue weighted by Gasteiger charge is 2.05. The van der Waals surface area contributed by atoms with Gasteiger partial charge >= 0.3 is 0 Å². The van der Waals surface area contributed by atoms with Crippen LogP contribution >= 0.6 is 0 Å². The van der Waals surface area contributed by atoms with Crippen molar-refractivity contribution in [1.82, 2.24) is 0 Å². The lowest BCUT2D eigenvalue weighted by Gasteiger charge is -2.11. The van der Waals surface area contributed by atoms with Crippen LogP contribution in [0.2, 0.25) is 0 Å². The third kappa shape index (κ3) is 1.41. The largest absolute Gasteiger partial charge is 0.0616 e. The van der Waals surface area contributed by atoms with Gasteiger partial charge in [-0.25, -0.2) is 0 Å². The minimum Gasteiger partial charge on any atom is -0.0616 e. The van der Waals surface area contributed by atoms with E-state index >= 15 is 0 Å². The molecule has 0 saturated heterocycles. The Morgan fingerprint density at radius 1 is 0.929 bits per heavy atom. The molecule has 0 atom stereocenters. The zero-order valence-electron chi connectivity index (χ0n) is 8.75. The number of hydrogen-bond acceptors (Lipinski definition) is 0. The molecule has 2 aromatic carbocycles. The van der Waals surface area contributed by atoms with Crippen LogP contribution < -0.4 is 0 Å². The van der Waals surface area contributed by atoms with Crippen molar-refractivity contribution in [2.45, 2.75) is 19.8 Å². The fourth-order valence-electron chi connectivity index (χ4n) is 1.89. The summed E-state index contributed by atoms with van der Waals surface area (Å²) in [4.78, 5) is 0. The van der Waals surface area contributed by atoms with Crippen LogP contribution in [0.3, 0.4) is 0 Å². The predicted molar refractivity (Wildman–Crippen MR) is 62.5 cm³/mol. The van der Waals surface area contributed by atoms with Crippen molar-refractivity contribution in [3.8, 4) is 0 Å². The maximum absolute atomic E-state index is 4.05. The summed E-state index contributed by atoms with van der Waals surface area (Å²) in [6.45, 7) is 8.50. The van der Waals surface area contributed by atoms with Crippen LogP contribution in [0, 0.1) is 6.92 Å². The van der Waals surface area contributed by atoms with Gasteiger partial charge in [-0.1, -0.05) is 50.2 Å². The van der Waals surface area contributed by atoms with Crippen LogP contribution in [0.5, 0.6) is 0 Å². The average molecular weight is 183 g/mol. The molecule has 0 fully saturated rings. The minimum atomic E-state index is 0.570. The summed E-state index contributed by atoms with van der Waals surface area (Å²) in [5, 5.41) is 2.62. The van der Waals surface area contributed by atoms with E-state index in [4.69, 9.17) is 0 Å². The highest BCUT2D eigenvalue weighted by molar-refractivity contribution is 5.89. The molecule has 14 heavy (non-hydrogen) atoms. The second-order valence-corrected chi connectivity index (χ2v) is 4.01. The van der Waals surface area contributed by atoms with Crippen LogP contribution in [0.1, 0.15) is 30.9 Å². The molecule has 0 bridgehead atoms. The molecule has 71 valence electrons. The van der Waals surface area contributed by atoms with Gasteiger partial charge in [0.05, 0.1) is 0 Å². The molecule has 0 unspecified atom stereocenters. The van der Waals surface area contributed by atoms with Crippen molar-refractivity contribution >= 4 is 10.8 Å². The lowest BCUT2D eigenvalue weighted by atomic mass is 9.94. The Morgan fingerprint density at radius 3 is 2.21 bits per heavy atom. The lowest BCUT2D eigenvalue weighted by molar-refractivity contribution is 0.876. The van der Waals surface area contributed by atoms with Crippen LogP contribution in [0.4, 0.5) is 0 Å². The average Bonchev–Trinajstić information content (AvgIpc) is 2.18. The summed E-state index contributed by atoms with van der Waals surface area (Å²) in [5.41, 5.74) is 2.53. The molecular weight excluding hydrogens is 168 g/mol. The number of rotatable bonds is 1. The van der Waals surface area contributed by atoms with Crippen molar-refractivity contribution in [2.75, 3.05) is 0 Å². The molecule has 0 aliphatic heterocycles. The van der Waals surface area contributed by atoms with E-state index in [2.05, 4.69) is 57.2 Å². The summed E-state index contributed by atoms with van der Waals surface area (Å²) >= 11 is 0. The molecule has 0 nitrogen and oxygen atoms in total. The Hall–Kier alpha value is -1.30. The first kappa shape index (κ1) is 9.26. The van der Waals surface area contributed by atoms with Gasteiger partial charge in [-0.3, -0.25) is 0 Å². The van der Waals surface area contributed by atoms with Gasteiger partial charge in [-0.05, 0) is 34.7 Å². The molecule has 0 aromatic heterocycles. The monoisotopic (exact) mass is 183 g/mol. The Kier molecular flexibility index (Phi) is 2.28. The van der Waals surface area contributed by atoms with Gasteiger partial charge < -0.3 is 0 Å². The molecule has 0 amide bonds. The molecule has 0 heteroatoms. The van der Waals surface area contributed by atoms with E-state index in [1.54, 1.807) is 0 Å². The zero-order valence-corrected chi connectivity index (χ0v) is 8.75. The van der Waals surface area contributed by atoms with Gasteiger partial charge in [0.2, 0.25) is 0 Å². The fraction of sp³-hybridized carbons (Fsp3) is 0.214. The molecular formula is C14H15. The Morgan fingerprint density at radius 2 is 1.57 bits per heavy atom. The minimum absolute atomic E-state index is 0.570. The normalized spacial score (nSPS) is 11.1. The Labute approximate surface area is 85.6 Å². The van der Waals surface area contributed by atoms with Gasteiger partial charge in [0.15, 0.2) is 0 Å². The number of fused-ring (bicyclic) bond motifs is 1. The van der Waals surface area contributed by atoms with Crippen LogP contribution in [-0.2, 0) is 0 Å². The van der Waals surface area contributed by atoms with Crippen molar-refractivity contribution in [2.24, 2.45) is 0 Å². The van der Waals surface area contributed by atoms with Gasteiger partial charge in [0.1, 0.15) is 0 Å². The molecule has 0 aliphatic carbocycles. The standard InChI is InChI=1S/C14H15/c1-10(2)12-9-8-11(3)13-6-4-5-7-14(12)13/h4-10H,3H2,1-2H3. The number of hydrogen-bond donors (Lipinski definition) is 0. The summed E-state index contributed by atoms with van der Waals surface area (Å²) in [6.07, 6.45) is 0. The van der Waals surface area contributed by atoms with Gasteiger partial charge in [0, 0.05) is 0 Å². The first-order valence-corrected chi connectivity index (χ1v) is 5.03. The molecule has 0 aliphatic rings. The zero-order chi connectivity index (χ0) is 10.1. The van der Waals surface area contributed by atoms with E-state index in [1.165, 1.54) is 16.3 Å². The summed E-state index contributed by atoms with van der Waals surface area (Å²) in [6, 6.07) is 12.8. The third-order valence-corrected chi connectivity index (χ3v) is 2.67. The molecule has 1 radical (unpaired) electrons. The van der Waals surface area contributed by atoms with E-state index in [0.717, 1.165) is 5.56 Å². The SMILES string of the molecule is [CH2]c1ccc(C(C)C)c2ccccc12. The van der Waals surface area contributed by atoms with E-state index in [1.807, 2.05) is 0 Å². The Bertz CT molecular complexity index is 453. The van der Waals surface area contributed by atoms with Crippen molar-refractivity contribution in [3.05, 3.63) is 54.4 Å². The quantitative estimate of drug-likeness (QED) is 0.623. The smallest absolute Gasteiger partial charge is 0.0147 e. The second kappa shape index (κ2) is 3.45. The maximum atomic E-state index is 4.05. The fourth-order valence-corrected chi connectivity index (χ4v) is 1.89. The maximum Gasteiger partial charge on any atom is -0.0147 e. The Balaban J connectivity index is 2.82. The van der Waals surface area contributed by atoms with Gasteiger partial charge in [-0.2, -0.15) is 0 Å². The van der Waals surface area contributed by atoms with E-state index < -0.39 is 0 Å². The van der Waals surface area contributed by atoms with Crippen molar-refractivity contribution < 1.29 is 0 Å². The molecule has 2 rings (SSSR count).